The number of carbonyl (C=O) groups is 1. The molecule has 1 fully saturated rings. The van der Waals surface area contributed by atoms with Crippen LogP contribution in [-0.4, -0.2) is 5.78 Å². The van der Waals surface area contributed by atoms with Crippen molar-refractivity contribution in [1.29, 1.82) is 5.26 Å². The molecule has 4 rings (SSSR count). The molecule has 1 saturated carbocycles. The zero-order valence-corrected chi connectivity index (χ0v) is 12.4. The average Bonchev–Trinajstić information content (AvgIpc) is 3.14. The van der Waals surface area contributed by atoms with Crippen molar-refractivity contribution in [2.75, 3.05) is 0 Å². The Bertz CT molecular complexity index is 807. The molecule has 2 heteroatoms. The highest BCUT2D eigenvalue weighted by atomic mass is 16.1. The molecule has 0 aliphatic heterocycles. The summed E-state index contributed by atoms with van der Waals surface area (Å²) in [6.45, 7) is 0. The van der Waals surface area contributed by atoms with Gasteiger partial charge in [-0.15, -0.1) is 0 Å². The predicted molar refractivity (Wildman–Crippen MR) is 85.5 cm³/mol. The van der Waals surface area contributed by atoms with Crippen molar-refractivity contribution >= 4 is 5.78 Å². The number of rotatable bonds is 1. The van der Waals surface area contributed by atoms with Crippen LogP contribution in [0.4, 0.5) is 0 Å². The molecule has 2 nitrogen and oxygen atoms in total. The average molecular weight is 287 g/mol. The Hall–Kier alpha value is -2.40. The normalized spacial score (nSPS) is 18.4. The van der Waals surface area contributed by atoms with Crippen molar-refractivity contribution in [3.05, 3.63) is 59.2 Å². The maximum absolute atomic E-state index is 12.9. The van der Waals surface area contributed by atoms with Crippen LogP contribution in [0.25, 0.3) is 11.1 Å². The monoisotopic (exact) mass is 287 g/mol. The summed E-state index contributed by atoms with van der Waals surface area (Å²) in [5, 5.41) is 9.04. The predicted octanol–water partition coefficient (Wildman–Crippen LogP) is 4.52. The second kappa shape index (κ2) is 4.81. The van der Waals surface area contributed by atoms with E-state index in [9.17, 15) is 4.79 Å². The lowest BCUT2D eigenvalue weighted by Gasteiger charge is -2.19. The summed E-state index contributed by atoms with van der Waals surface area (Å²) < 4.78 is 0. The van der Waals surface area contributed by atoms with Crippen LogP contribution in [-0.2, 0) is 6.42 Å². The minimum atomic E-state index is -0.102. The van der Waals surface area contributed by atoms with Gasteiger partial charge in [0.1, 0.15) is 0 Å². The highest BCUT2D eigenvalue weighted by Gasteiger charge is 2.46. The van der Waals surface area contributed by atoms with Crippen LogP contribution in [0.5, 0.6) is 0 Å². The first-order valence-corrected chi connectivity index (χ1v) is 7.90. The third kappa shape index (κ3) is 1.89. The van der Waals surface area contributed by atoms with Crippen molar-refractivity contribution in [2.24, 2.45) is 5.41 Å². The molecule has 0 aromatic heterocycles. The third-order valence-electron chi connectivity index (χ3n) is 5.25. The van der Waals surface area contributed by atoms with E-state index >= 15 is 0 Å². The van der Waals surface area contributed by atoms with Gasteiger partial charge >= 0.3 is 0 Å². The van der Waals surface area contributed by atoms with Gasteiger partial charge in [-0.1, -0.05) is 37.1 Å². The van der Waals surface area contributed by atoms with Crippen LogP contribution in [0.1, 0.15) is 47.2 Å². The lowest BCUT2D eigenvalue weighted by atomic mass is 9.82. The molecule has 2 aliphatic rings. The van der Waals surface area contributed by atoms with Gasteiger partial charge in [0, 0.05) is 11.0 Å². The van der Waals surface area contributed by atoms with Gasteiger partial charge in [0.2, 0.25) is 0 Å². The second-order valence-corrected chi connectivity index (χ2v) is 6.56. The van der Waals surface area contributed by atoms with Gasteiger partial charge < -0.3 is 0 Å². The summed E-state index contributed by atoms with van der Waals surface area (Å²) in [5.74, 6) is 0.346. The quantitative estimate of drug-likeness (QED) is 0.773. The van der Waals surface area contributed by atoms with E-state index in [1.54, 1.807) is 6.07 Å². The smallest absolute Gasteiger partial charge is 0.169 e. The number of benzene rings is 2. The van der Waals surface area contributed by atoms with Crippen molar-refractivity contribution in [3.8, 4) is 17.2 Å². The van der Waals surface area contributed by atoms with E-state index in [-0.39, 0.29) is 5.41 Å². The van der Waals surface area contributed by atoms with E-state index in [0.29, 0.717) is 11.3 Å². The van der Waals surface area contributed by atoms with E-state index < -0.39 is 0 Å². The number of carbonyl (C=O) groups excluding carboxylic acids is 1. The molecule has 0 atom stereocenters. The minimum absolute atomic E-state index is 0.102. The van der Waals surface area contributed by atoms with Crippen LogP contribution in [0.2, 0.25) is 0 Å². The summed E-state index contributed by atoms with van der Waals surface area (Å²) in [4.78, 5) is 12.9. The summed E-state index contributed by atoms with van der Waals surface area (Å²) in [7, 11) is 0. The van der Waals surface area contributed by atoms with E-state index in [2.05, 4.69) is 18.2 Å². The number of ketones is 1. The number of nitrogens with zero attached hydrogens (tertiary/aromatic N) is 1. The Balaban J connectivity index is 1.76. The summed E-state index contributed by atoms with van der Waals surface area (Å²) in [5.41, 5.74) is 4.68. The van der Waals surface area contributed by atoms with Crippen LogP contribution in [0.15, 0.2) is 42.5 Å². The lowest BCUT2D eigenvalue weighted by molar-refractivity contribution is 0.0827. The molecule has 2 aromatic carbocycles. The molecule has 0 heterocycles. The van der Waals surface area contributed by atoms with E-state index in [0.717, 1.165) is 36.0 Å². The number of nitriles is 1. The molecule has 0 bridgehead atoms. The maximum Gasteiger partial charge on any atom is 0.169 e. The molecule has 108 valence electrons. The fourth-order valence-corrected chi connectivity index (χ4v) is 4.08. The first-order chi connectivity index (χ1) is 10.7. The maximum atomic E-state index is 12.9. The molecule has 0 N–H and O–H groups in total. The molecule has 2 aromatic rings. The minimum Gasteiger partial charge on any atom is -0.294 e. The number of Topliss-reactive ketones (excluding diaryl/α,β-unsaturated/α-hetero) is 1. The number of fused-ring (bicyclic) bond motifs is 1. The SMILES string of the molecule is N#Cc1cccc(-c2ccc3c(c2)C(=O)C2(CCCC2)C3)c1. The van der Waals surface area contributed by atoms with Gasteiger partial charge in [0.05, 0.1) is 11.6 Å². The lowest BCUT2D eigenvalue weighted by Crippen LogP contribution is -2.23. The molecule has 0 unspecified atom stereocenters. The zero-order chi connectivity index (χ0) is 15.2. The highest BCUT2D eigenvalue weighted by molar-refractivity contribution is 6.06. The largest absolute Gasteiger partial charge is 0.294 e. The Labute approximate surface area is 130 Å². The Morgan fingerprint density at radius 1 is 1.00 bits per heavy atom. The summed E-state index contributed by atoms with van der Waals surface area (Å²) in [6, 6.07) is 16.0. The Morgan fingerprint density at radius 2 is 1.77 bits per heavy atom. The standard InChI is InChI=1S/C20H17NO/c21-13-14-4-3-5-15(10-14)16-6-7-17-12-20(8-1-2-9-20)19(22)18(17)11-16/h3-7,10-11H,1-2,8-9,12H2. The number of hydrogen-bond donors (Lipinski definition) is 0. The fourth-order valence-electron chi connectivity index (χ4n) is 4.08. The van der Waals surface area contributed by atoms with Gasteiger partial charge in [0.15, 0.2) is 5.78 Å². The van der Waals surface area contributed by atoms with Crippen molar-refractivity contribution < 1.29 is 4.79 Å². The molecule has 2 aliphatic carbocycles. The van der Waals surface area contributed by atoms with Crippen LogP contribution in [0.3, 0.4) is 0 Å². The first-order valence-electron chi connectivity index (χ1n) is 7.90. The van der Waals surface area contributed by atoms with Crippen LogP contribution in [0, 0.1) is 16.7 Å². The topological polar surface area (TPSA) is 40.9 Å². The van der Waals surface area contributed by atoms with Gasteiger partial charge in [-0.25, -0.2) is 0 Å². The number of hydrogen-bond acceptors (Lipinski definition) is 2. The van der Waals surface area contributed by atoms with Gasteiger partial charge in [0.25, 0.3) is 0 Å². The van der Waals surface area contributed by atoms with Crippen LogP contribution < -0.4 is 0 Å². The first kappa shape index (κ1) is 13.3. The molecule has 0 amide bonds. The molecule has 1 spiro atoms. The summed E-state index contributed by atoms with van der Waals surface area (Å²) >= 11 is 0. The van der Waals surface area contributed by atoms with E-state index in [1.165, 1.54) is 18.4 Å². The Morgan fingerprint density at radius 3 is 2.55 bits per heavy atom. The molecular formula is C20H17NO. The Kier molecular flexibility index (Phi) is 2.90. The van der Waals surface area contributed by atoms with Crippen molar-refractivity contribution in [3.63, 3.8) is 0 Å². The van der Waals surface area contributed by atoms with Crippen molar-refractivity contribution in [2.45, 2.75) is 32.1 Å². The summed E-state index contributed by atoms with van der Waals surface area (Å²) in [6.07, 6.45) is 5.35. The van der Waals surface area contributed by atoms with Crippen molar-refractivity contribution in [1.82, 2.24) is 0 Å². The highest BCUT2D eigenvalue weighted by Crippen LogP contribution is 2.49. The second-order valence-electron chi connectivity index (χ2n) is 6.56. The third-order valence-corrected chi connectivity index (χ3v) is 5.25. The van der Waals surface area contributed by atoms with Crippen LogP contribution >= 0.6 is 0 Å². The molecular weight excluding hydrogens is 270 g/mol. The van der Waals surface area contributed by atoms with Gasteiger partial charge in [-0.3, -0.25) is 4.79 Å². The van der Waals surface area contributed by atoms with Gasteiger partial charge in [-0.05, 0) is 54.2 Å². The van der Waals surface area contributed by atoms with Gasteiger partial charge in [-0.2, -0.15) is 5.26 Å². The van der Waals surface area contributed by atoms with E-state index in [4.69, 9.17) is 5.26 Å². The fraction of sp³-hybridized carbons (Fsp3) is 0.300. The molecule has 0 radical (unpaired) electrons. The molecule has 0 saturated heterocycles. The van der Waals surface area contributed by atoms with E-state index in [1.807, 2.05) is 24.3 Å². The molecule has 22 heavy (non-hydrogen) atoms. The zero-order valence-electron chi connectivity index (χ0n) is 12.4.